The van der Waals surface area contributed by atoms with E-state index < -0.39 is 0 Å². The SMILES string of the molecule is Nc1cnc(CN2C(=O)CCSC2=O)cn1. The number of thioether (sulfide) groups is 1. The van der Waals surface area contributed by atoms with Gasteiger partial charge < -0.3 is 5.73 Å². The van der Waals surface area contributed by atoms with Crippen molar-refractivity contribution < 1.29 is 9.59 Å². The number of nitrogen functional groups attached to an aromatic ring is 1. The largest absolute Gasteiger partial charge is 0.382 e. The fraction of sp³-hybridized carbons (Fsp3) is 0.333. The quantitative estimate of drug-likeness (QED) is 0.813. The van der Waals surface area contributed by atoms with E-state index in [0.717, 1.165) is 11.8 Å². The topological polar surface area (TPSA) is 89.2 Å². The summed E-state index contributed by atoms with van der Waals surface area (Å²) in [6.07, 6.45) is 3.26. The lowest BCUT2D eigenvalue weighted by Crippen LogP contribution is -2.37. The van der Waals surface area contributed by atoms with Crippen LogP contribution in [0.25, 0.3) is 0 Å². The second-order valence-electron chi connectivity index (χ2n) is 3.28. The number of imide groups is 1. The maximum atomic E-state index is 11.5. The van der Waals surface area contributed by atoms with Crippen LogP contribution in [0.4, 0.5) is 10.6 Å². The molecule has 84 valence electrons. The summed E-state index contributed by atoms with van der Waals surface area (Å²) in [5, 5.41) is -0.227. The highest BCUT2D eigenvalue weighted by Gasteiger charge is 2.26. The zero-order valence-corrected chi connectivity index (χ0v) is 9.24. The molecule has 0 unspecified atom stereocenters. The zero-order valence-electron chi connectivity index (χ0n) is 8.42. The van der Waals surface area contributed by atoms with Crippen LogP contribution in [0.1, 0.15) is 12.1 Å². The number of hydrogen-bond acceptors (Lipinski definition) is 6. The highest BCUT2D eigenvalue weighted by molar-refractivity contribution is 8.13. The Morgan fingerprint density at radius 2 is 2.19 bits per heavy atom. The van der Waals surface area contributed by atoms with Crippen molar-refractivity contribution in [2.45, 2.75) is 13.0 Å². The lowest BCUT2D eigenvalue weighted by Gasteiger charge is -2.23. The number of nitrogens with two attached hydrogens (primary N) is 1. The number of rotatable bonds is 2. The van der Waals surface area contributed by atoms with Gasteiger partial charge in [-0.25, -0.2) is 4.98 Å². The van der Waals surface area contributed by atoms with Crippen LogP contribution in [0.2, 0.25) is 0 Å². The van der Waals surface area contributed by atoms with Crippen LogP contribution in [-0.2, 0) is 11.3 Å². The molecule has 0 atom stereocenters. The molecule has 7 heteroatoms. The summed E-state index contributed by atoms with van der Waals surface area (Å²) in [5.41, 5.74) is 5.94. The maximum absolute atomic E-state index is 11.5. The summed E-state index contributed by atoms with van der Waals surface area (Å²) in [6.45, 7) is 0.165. The Bertz CT molecular complexity index is 404. The van der Waals surface area contributed by atoms with Gasteiger partial charge in [0.15, 0.2) is 0 Å². The lowest BCUT2D eigenvalue weighted by molar-refractivity contribution is -0.128. The van der Waals surface area contributed by atoms with Crippen LogP contribution in [0, 0.1) is 0 Å². The van der Waals surface area contributed by atoms with Gasteiger partial charge in [0.25, 0.3) is 5.24 Å². The first-order valence-corrected chi connectivity index (χ1v) is 5.69. The highest BCUT2D eigenvalue weighted by atomic mass is 32.2. The second-order valence-corrected chi connectivity index (χ2v) is 4.32. The molecule has 16 heavy (non-hydrogen) atoms. The van der Waals surface area contributed by atoms with Crippen LogP contribution in [0.15, 0.2) is 12.4 Å². The number of amides is 2. The summed E-state index contributed by atoms with van der Waals surface area (Å²) in [6, 6.07) is 0. The van der Waals surface area contributed by atoms with Crippen molar-refractivity contribution in [3.8, 4) is 0 Å². The predicted molar refractivity (Wildman–Crippen MR) is 59.5 cm³/mol. The van der Waals surface area contributed by atoms with Crippen molar-refractivity contribution in [1.82, 2.24) is 14.9 Å². The fourth-order valence-electron chi connectivity index (χ4n) is 1.30. The molecule has 0 bridgehead atoms. The third-order valence-corrected chi connectivity index (χ3v) is 2.98. The third-order valence-electron chi connectivity index (χ3n) is 2.11. The predicted octanol–water partition coefficient (Wildman–Crippen LogP) is 0.644. The van der Waals surface area contributed by atoms with Gasteiger partial charge in [0, 0.05) is 12.2 Å². The Kier molecular flexibility index (Phi) is 3.04. The van der Waals surface area contributed by atoms with Crippen LogP contribution >= 0.6 is 11.8 Å². The van der Waals surface area contributed by atoms with E-state index in [-0.39, 0.29) is 17.7 Å². The molecule has 1 aromatic heterocycles. The van der Waals surface area contributed by atoms with Crippen molar-refractivity contribution in [2.75, 3.05) is 11.5 Å². The van der Waals surface area contributed by atoms with Crippen molar-refractivity contribution in [3.05, 3.63) is 18.1 Å². The Labute approximate surface area is 96.2 Å². The Morgan fingerprint density at radius 3 is 2.81 bits per heavy atom. The molecule has 1 saturated heterocycles. The van der Waals surface area contributed by atoms with E-state index in [4.69, 9.17) is 5.73 Å². The summed E-state index contributed by atoms with van der Waals surface area (Å²) >= 11 is 1.15. The van der Waals surface area contributed by atoms with Gasteiger partial charge in [0.2, 0.25) is 5.91 Å². The molecular weight excluding hydrogens is 228 g/mol. The molecule has 0 radical (unpaired) electrons. The maximum Gasteiger partial charge on any atom is 0.288 e. The Morgan fingerprint density at radius 1 is 1.38 bits per heavy atom. The third kappa shape index (κ3) is 2.30. The fourth-order valence-corrected chi connectivity index (χ4v) is 2.07. The van der Waals surface area contributed by atoms with Gasteiger partial charge in [0.1, 0.15) is 5.82 Å². The van der Waals surface area contributed by atoms with E-state index in [9.17, 15) is 9.59 Å². The first kappa shape index (κ1) is 10.9. The molecule has 2 amide bonds. The number of nitrogens with zero attached hydrogens (tertiary/aromatic N) is 3. The molecule has 0 saturated carbocycles. The summed E-state index contributed by atoms with van der Waals surface area (Å²) in [5.74, 6) is 0.707. The van der Waals surface area contributed by atoms with Crippen molar-refractivity contribution in [1.29, 1.82) is 0 Å². The minimum Gasteiger partial charge on any atom is -0.382 e. The van der Waals surface area contributed by atoms with E-state index in [1.54, 1.807) is 0 Å². The number of carbonyl (C=O) groups is 2. The number of hydrogen-bond donors (Lipinski definition) is 1. The smallest absolute Gasteiger partial charge is 0.288 e. The van der Waals surface area contributed by atoms with Crippen molar-refractivity contribution in [2.24, 2.45) is 0 Å². The average Bonchev–Trinajstić information content (AvgIpc) is 2.26. The molecule has 6 nitrogen and oxygen atoms in total. The van der Waals surface area contributed by atoms with Gasteiger partial charge in [-0.3, -0.25) is 19.5 Å². The minimum absolute atomic E-state index is 0.164. The second kappa shape index (κ2) is 4.48. The standard InChI is InChI=1S/C9H10N4O2S/c10-7-4-11-6(3-12-7)5-13-8(14)1-2-16-9(13)15/h3-4H,1-2,5H2,(H2,10,12). The number of anilines is 1. The van der Waals surface area contributed by atoms with Crippen LogP contribution in [-0.4, -0.2) is 31.8 Å². The van der Waals surface area contributed by atoms with E-state index in [1.165, 1.54) is 17.3 Å². The molecule has 1 fully saturated rings. The summed E-state index contributed by atoms with van der Waals surface area (Å²) in [4.78, 5) is 32.0. The van der Waals surface area contributed by atoms with E-state index in [0.29, 0.717) is 23.7 Å². The monoisotopic (exact) mass is 238 g/mol. The molecule has 2 N–H and O–H groups in total. The van der Waals surface area contributed by atoms with Crippen LogP contribution in [0.3, 0.4) is 0 Å². The minimum atomic E-state index is -0.227. The first-order valence-electron chi connectivity index (χ1n) is 4.70. The molecule has 0 aromatic carbocycles. The number of aromatic nitrogens is 2. The van der Waals surface area contributed by atoms with E-state index in [1.807, 2.05) is 0 Å². The highest BCUT2D eigenvalue weighted by Crippen LogP contribution is 2.19. The zero-order chi connectivity index (χ0) is 11.5. The van der Waals surface area contributed by atoms with Crippen molar-refractivity contribution in [3.63, 3.8) is 0 Å². The summed E-state index contributed by atoms with van der Waals surface area (Å²) in [7, 11) is 0. The molecule has 0 aliphatic carbocycles. The van der Waals surface area contributed by atoms with Gasteiger partial charge >= 0.3 is 0 Å². The van der Waals surface area contributed by atoms with Crippen molar-refractivity contribution >= 4 is 28.7 Å². The first-order chi connectivity index (χ1) is 7.66. The van der Waals surface area contributed by atoms with E-state index in [2.05, 4.69) is 9.97 Å². The lowest BCUT2D eigenvalue weighted by atomic mass is 10.3. The Balaban J connectivity index is 2.10. The molecule has 1 aliphatic heterocycles. The molecule has 1 aliphatic rings. The molecule has 2 rings (SSSR count). The molecular formula is C9H10N4O2S. The van der Waals surface area contributed by atoms with Gasteiger partial charge in [-0.1, -0.05) is 11.8 Å². The molecule has 0 spiro atoms. The summed E-state index contributed by atoms with van der Waals surface area (Å²) < 4.78 is 0. The normalized spacial score (nSPS) is 16.6. The molecule has 1 aromatic rings. The van der Waals surface area contributed by atoms with Crippen LogP contribution in [0.5, 0.6) is 0 Å². The van der Waals surface area contributed by atoms with E-state index >= 15 is 0 Å². The number of carbonyl (C=O) groups excluding carboxylic acids is 2. The van der Waals surface area contributed by atoms with Gasteiger partial charge in [-0.15, -0.1) is 0 Å². The Hall–Kier alpha value is -1.63. The average molecular weight is 238 g/mol. The van der Waals surface area contributed by atoms with Crippen LogP contribution < -0.4 is 5.73 Å². The van der Waals surface area contributed by atoms with Gasteiger partial charge in [0.05, 0.1) is 24.6 Å². The van der Waals surface area contributed by atoms with Gasteiger partial charge in [-0.2, -0.15) is 0 Å². The molecule has 2 heterocycles. The van der Waals surface area contributed by atoms with Gasteiger partial charge in [-0.05, 0) is 0 Å².